The lowest BCUT2D eigenvalue weighted by atomic mass is 9.67. The van der Waals surface area contributed by atoms with Gasteiger partial charge in [0.25, 0.3) is 0 Å². The molecule has 2 aliphatic carbocycles. The fourth-order valence-electron chi connectivity index (χ4n) is 5.45. The zero-order chi connectivity index (χ0) is 23.9. The van der Waals surface area contributed by atoms with Gasteiger partial charge in [-0.1, -0.05) is 13.8 Å². The van der Waals surface area contributed by atoms with Gasteiger partial charge < -0.3 is 19.3 Å². The normalized spacial score (nSPS) is 24.9. The van der Waals surface area contributed by atoms with Gasteiger partial charge in [0.2, 0.25) is 5.75 Å². The smallest absolute Gasteiger partial charge is 0.315 e. The van der Waals surface area contributed by atoms with Crippen molar-refractivity contribution in [3.8, 4) is 17.2 Å². The molecule has 7 heteroatoms. The minimum Gasteiger partial charge on any atom is -0.502 e. The summed E-state index contributed by atoms with van der Waals surface area (Å²) >= 11 is 0. The number of Topliss-reactive ketones (excluding diaryl/α,β-unsaturated/α-hetero) is 1. The number of methoxy groups -OCH3 is 2. The number of carbonyl (C=O) groups is 2. The summed E-state index contributed by atoms with van der Waals surface area (Å²) in [5, 5.41) is 10.4. The number of allylic oxidation sites excluding steroid dienone is 2. The predicted molar refractivity (Wildman–Crippen MR) is 124 cm³/mol. The molecule has 33 heavy (non-hydrogen) atoms. The summed E-state index contributed by atoms with van der Waals surface area (Å²) in [4.78, 5) is 31.7. The number of ketones is 1. The maximum absolute atomic E-state index is 13.5. The van der Waals surface area contributed by atoms with E-state index in [4.69, 9.17) is 19.2 Å². The van der Waals surface area contributed by atoms with Crippen LogP contribution in [0.15, 0.2) is 28.4 Å². The number of ether oxygens (including phenoxy) is 3. The minimum atomic E-state index is -0.728. The Labute approximate surface area is 194 Å². The van der Waals surface area contributed by atoms with E-state index < -0.39 is 11.8 Å². The molecule has 3 aliphatic rings. The molecule has 0 bridgehead atoms. The van der Waals surface area contributed by atoms with Gasteiger partial charge in [-0.3, -0.25) is 14.6 Å². The number of esters is 1. The van der Waals surface area contributed by atoms with Crippen molar-refractivity contribution >= 4 is 17.5 Å². The first-order valence-electron chi connectivity index (χ1n) is 11.6. The molecule has 2 atom stereocenters. The molecule has 178 valence electrons. The van der Waals surface area contributed by atoms with Crippen molar-refractivity contribution in [2.24, 2.45) is 16.3 Å². The van der Waals surface area contributed by atoms with Crippen LogP contribution in [0.2, 0.25) is 0 Å². The topological polar surface area (TPSA) is 94.4 Å². The summed E-state index contributed by atoms with van der Waals surface area (Å²) in [6, 6.07) is 3.35. The number of aromatic hydroxyl groups is 1. The van der Waals surface area contributed by atoms with Crippen molar-refractivity contribution in [3.05, 3.63) is 29.0 Å². The van der Waals surface area contributed by atoms with Gasteiger partial charge in [0, 0.05) is 29.3 Å². The van der Waals surface area contributed by atoms with E-state index in [9.17, 15) is 14.7 Å². The Morgan fingerprint density at radius 3 is 2.27 bits per heavy atom. The van der Waals surface area contributed by atoms with Gasteiger partial charge >= 0.3 is 5.97 Å². The van der Waals surface area contributed by atoms with Gasteiger partial charge in [0.1, 0.15) is 12.0 Å². The number of phenolic OH excluding ortho intramolecular Hbond substituents is 1. The van der Waals surface area contributed by atoms with E-state index in [-0.39, 0.29) is 40.5 Å². The lowest BCUT2D eigenvalue weighted by molar-refractivity contribution is -0.151. The molecule has 0 spiro atoms. The molecular weight excluding hydrogens is 422 g/mol. The first-order valence-corrected chi connectivity index (χ1v) is 11.6. The SMILES string of the molecule is COc1cc([C@H]2C3=C(CC(C)(C)CC3=O)N=C(C)C2C(=O)OC2CCCC2)cc(OC)c1O. The van der Waals surface area contributed by atoms with Gasteiger partial charge in [-0.2, -0.15) is 0 Å². The van der Waals surface area contributed by atoms with Crippen LogP contribution in [0.5, 0.6) is 17.2 Å². The monoisotopic (exact) mass is 455 g/mol. The molecule has 1 aromatic rings. The van der Waals surface area contributed by atoms with Crippen LogP contribution < -0.4 is 9.47 Å². The fraction of sp³-hybridized carbons (Fsp3) is 0.577. The third-order valence-corrected chi connectivity index (χ3v) is 7.00. The zero-order valence-corrected chi connectivity index (χ0v) is 20.1. The highest BCUT2D eigenvalue weighted by Crippen LogP contribution is 2.50. The van der Waals surface area contributed by atoms with Crippen LogP contribution in [0, 0.1) is 11.3 Å². The van der Waals surface area contributed by atoms with Crippen LogP contribution >= 0.6 is 0 Å². The highest BCUT2D eigenvalue weighted by Gasteiger charge is 2.47. The molecule has 0 saturated heterocycles. The molecule has 0 aromatic heterocycles. The van der Waals surface area contributed by atoms with Crippen molar-refractivity contribution in [2.75, 3.05) is 14.2 Å². The maximum atomic E-state index is 13.5. The maximum Gasteiger partial charge on any atom is 0.315 e. The third-order valence-electron chi connectivity index (χ3n) is 7.00. The van der Waals surface area contributed by atoms with Gasteiger partial charge in [0.15, 0.2) is 17.3 Å². The quantitative estimate of drug-likeness (QED) is 0.646. The van der Waals surface area contributed by atoms with Gasteiger partial charge in [-0.15, -0.1) is 0 Å². The molecule has 1 aromatic carbocycles. The minimum absolute atomic E-state index is 0.00725. The number of aliphatic imine (C=N–C) groups is 1. The van der Waals surface area contributed by atoms with E-state index in [1.165, 1.54) is 14.2 Å². The second kappa shape index (κ2) is 8.84. The second-order valence-corrected chi connectivity index (χ2v) is 10.1. The van der Waals surface area contributed by atoms with Crippen LogP contribution in [0.25, 0.3) is 0 Å². The van der Waals surface area contributed by atoms with E-state index in [0.717, 1.165) is 31.4 Å². The molecular formula is C26H33NO6. The van der Waals surface area contributed by atoms with Crippen LogP contribution in [-0.2, 0) is 14.3 Å². The lowest BCUT2D eigenvalue weighted by Crippen LogP contribution is -2.40. The van der Waals surface area contributed by atoms with Gasteiger partial charge in [-0.25, -0.2) is 0 Å². The highest BCUT2D eigenvalue weighted by atomic mass is 16.5. The van der Waals surface area contributed by atoms with Crippen LogP contribution in [0.3, 0.4) is 0 Å². The number of nitrogens with zero attached hydrogens (tertiary/aromatic N) is 1. The number of carbonyl (C=O) groups excluding carboxylic acids is 2. The van der Waals surface area contributed by atoms with Crippen LogP contribution in [0.1, 0.15) is 70.8 Å². The number of rotatable bonds is 5. The lowest BCUT2D eigenvalue weighted by Gasteiger charge is -2.39. The summed E-state index contributed by atoms with van der Waals surface area (Å²) in [5.74, 6) is -1.36. The average molecular weight is 456 g/mol. The second-order valence-electron chi connectivity index (χ2n) is 10.1. The molecule has 1 saturated carbocycles. The Kier molecular flexibility index (Phi) is 6.25. The van der Waals surface area contributed by atoms with Crippen LogP contribution in [-0.4, -0.2) is 42.9 Å². The molecule has 1 heterocycles. The van der Waals surface area contributed by atoms with E-state index in [1.54, 1.807) is 12.1 Å². The molecule has 1 N–H and O–H groups in total. The molecule has 1 fully saturated rings. The highest BCUT2D eigenvalue weighted by molar-refractivity contribution is 6.09. The van der Waals surface area contributed by atoms with Gasteiger partial charge in [0.05, 0.1) is 14.2 Å². The summed E-state index contributed by atoms with van der Waals surface area (Å²) in [5.41, 5.74) is 2.38. The molecule has 4 rings (SSSR count). The van der Waals surface area contributed by atoms with Crippen molar-refractivity contribution in [3.63, 3.8) is 0 Å². The summed E-state index contributed by atoms with van der Waals surface area (Å²) < 4.78 is 16.6. The molecule has 0 amide bonds. The molecule has 1 aliphatic heterocycles. The number of hydrogen-bond donors (Lipinski definition) is 1. The Hall–Kier alpha value is -2.83. The third kappa shape index (κ3) is 4.37. The Morgan fingerprint density at radius 2 is 1.70 bits per heavy atom. The Bertz CT molecular complexity index is 1010. The van der Waals surface area contributed by atoms with E-state index in [1.807, 2.05) is 6.92 Å². The van der Waals surface area contributed by atoms with Crippen LogP contribution in [0.4, 0.5) is 0 Å². The molecule has 0 radical (unpaired) electrons. The van der Waals surface area contributed by atoms with Crippen molar-refractivity contribution < 1.29 is 28.9 Å². The summed E-state index contributed by atoms with van der Waals surface area (Å²) in [7, 11) is 2.91. The molecule has 1 unspecified atom stereocenters. The van der Waals surface area contributed by atoms with E-state index in [2.05, 4.69) is 13.8 Å². The Balaban J connectivity index is 1.85. The number of benzene rings is 1. The van der Waals surface area contributed by atoms with E-state index in [0.29, 0.717) is 29.7 Å². The number of hydrogen-bond acceptors (Lipinski definition) is 7. The largest absolute Gasteiger partial charge is 0.502 e. The molecule has 7 nitrogen and oxygen atoms in total. The summed E-state index contributed by atoms with van der Waals surface area (Å²) in [6.07, 6.45) is 4.77. The first-order chi connectivity index (χ1) is 15.6. The summed E-state index contributed by atoms with van der Waals surface area (Å²) in [6.45, 7) is 5.95. The average Bonchev–Trinajstić information content (AvgIpc) is 3.24. The Morgan fingerprint density at radius 1 is 1.09 bits per heavy atom. The first kappa shape index (κ1) is 23.3. The van der Waals surface area contributed by atoms with Crippen molar-refractivity contribution in [2.45, 2.75) is 71.3 Å². The number of phenols is 1. The van der Waals surface area contributed by atoms with Crippen molar-refractivity contribution in [1.29, 1.82) is 0 Å². The van der Waals surface area contributed by atoms with E-state index >= 15 is 0 Å². The zero-order valence-electron chi connectivity index (χ0n) is 20.1. The standard InChI is InChI=1S/C26H33NO6/c1-14-21(25(30)33-16-8-6-7-9-16)22(15-10-19(31-4)24(29)20(11-15)32-5)23-17(27-14)12-26(2,3)13-18(23)28/h10-11,16,21-22,29H,6-9,12-13H2,1-5H3/t21?,22-/m1/s1. The predicted octanol–water partition coefficient (Wildman–Crippen LogP) is 4.71. The van der Waals surface area contributed by atoms with Crippen molar-refractivity contribution in [1.82, 2.24) is 0 Å². The fourth-order valence-corrected chi connectivity index (χ4v) is 5.45. The van der Waals surface area contributed by atoms with Gasteiger partial charge in [-0.05, 0) is 62.1 Å².